The summed E-state index contributed by atoms with van der Waals surface area (Å²) in [5, 5.41) is 17.2. The molecule has 5 nitrogen and oxygen atoms in total. The molecule has 0 radical (unpaired) electrons. The van der Waals surface area contributed by atoms with E-state index in [2.05, 4.69) is 15.4 Å². The molecule has 1 heterocycles. The van der Waals surface area contributed by atoms with E-state index in [0.29, 0.717) is 5.95 Å². The lowest BCUT2D eigenvalue weighted by atomic mass is 10.8. The number of rotatable bonds is 1. The van der Waals surface area contributed by atoms with E-state index in [-0.39, 0.29) is 5.88 Å². The maximum atomic E-state index is 10.7. The predicted molar refractivity (Wildman–Crippen MR) is 32.2 cm³/mol. The summed E-state index contributed by atoms with van der Waals surface area (Å²) in [6, 6.07) is 0. The molecule has 1 N–H and O–H groups in total. The highest BCUT2D eigenvalue weighted by atomic mass is 16.3. The molecule has 0 aliphatic carbocycles. The summed E-state index contributed by atoms with van der Waals surface area (Å²) in [7, 11) is 3.33. The number of aromatic nitrogens is 3. The minimum absolute atomic E-state index is 0.290. The van der Waals surface area contributed by atoms with Crippen molar-refractivity contribution in [2.24, 2.45) is 7.05 Å². The van der Waals surface area contributed by atoms with Crippen LogP contribution in [0.25, 0.3) is 0 Å². The molecule has 1 rings (SSSR count). The van der Waals surface area contributed by atoms with Gasteiger partial charge in [-0.15, -0.1) is 0 Å². The number of nitrogens with zero attached hydrogens (tertiary/aromatic N) is 3. The summed E-state index contributed by atoms with van der Waals surface area (Å²) in [6.07, 6.45) is 1.31. The van der Waals surface area contributed by atoms with Crippen molar-refractivity contribution in [1.29, 1.82) is 0 Å². The SMILES string of the molecule is CNc1nc([O-])c[n+](C)n1. The van der Waals surface area contributed by atoms with Crippen LogP contribution in [0.4, 0.5) is 5.95 Å². The van der Waals surface area contributed by atoms with Gasteiger partial charge in [0.25, 0.3) is 5.95 Å². The van der Waals surface area contributed by atoms with Crippen molar-refractivity contribution in [3.05, 3.63) is 6.20 Å². The Hall–Kier alpha value is -1.39. The number of hydrogen-bond acceptors (Lipinski definition) is 4. The highest BCUT2D eigenvalue weighted by Crippen LogP contribution is 1.95. The van der Waals surface area contributed by atoms with Crippen LogP contribution >= 0.6 is 0 Å². The van der Waals surface area contributed by atoms with Gasteiger partial charge in [0.15, 0.2) is 7.05 Å². The Bertz CT molecular complexity index is 217. The predicted octanol–water partition coefficient (Wildman–Crippen LogP) is -1.58. The van der Waals surface area contributed by atoms with Gasteiger partial charge in [-0.25, -0.2) is 4.98 Å². The van der Waals surface area contributed by atoms with E-state index in [1.54, 1.807) is 14.1 Å². The zero-order valence-corrected chi connectivity index (χ0v) is 5.83. The van der Waals surface area contributed by atoms with Gasteiger partial charge in [-0.05, 0) is 0 Å². The van der Waals surface area contributed by atoms with Crippen LogP contribution in [0.5, 0.6) is 5.88 Å². The lowest BCUT2D eigenvalue weighted by Gasteiger charge is -2.00. The fraction of sp³-hybridized carbons (Fsp3) is 0.400. The summed E-state index contributed by atoms with van der Waals surface area (Å²) in [5.41, 5.74) is 0. The van der Waals surface area contributed by atoms with Crippen LogP contribution < -0.4 is 15.1 Å². The number of nitrogens with one attached hydrogen (secondary N) is 1. The minimum atomic E-state index is -0.290. The molecule has 0 fully saturated rings. The molecular weight excluding hydrogens is 132 g/mol. The largest absolute Gasteiger partial charge is 0.854 e. The average Bonchev–Trinajstić information content (AvgIpc) is 1.85. The number of anilines is 1. The van der Waals surface area contributed by atoms with Crippen LogP contribution in [0.1, 0.15) is 0 Å². The summed E-state index contributed by atoms with van der Waals surface area (Å²) < 4.78 is 1.42. The molecule has 0 saturated heterocycles. The first-order chi connectivity index (χ1) is 4.72. The Labute approximate surface area is 58.3 Å². The van der Waals surface area contributed by atoms with Crippen LogP contribution in [0.2, 0.25) is 0 Å². The molecule has 0 spiro atoms. The molecule has 0 atom stereocenters. The highest BCUT2D eigenvalue weighted by Gasteiger charge is 1.97. The Morgan fingerprint density at radius 3 is 2.90 bits per heavy atom. The van der Waals surface area contributed by atoms with E-state index in [4.69, 9.17) is 0 Å². The molecule has 10 heavy (non-hydrogen) atoms. The molecule has 0 saturated carbocycles. The van der Waals surface area contributed by atoms with E-state index >= 15 is 0 Å². The Balaban J connectivity index is 3.06. The third-order valence-corrected chi connectivity index (χ3v) is 0.989. The smallest absolute Gasteiger partial charge is 0.287 e. The topological polar surface area (TPSA) is 64.8 Å². The summed E-state index contributed by atoms with van der Waals surface area (Å²) in [4.78, 5) is 3.55. The van der Waals surface area contributed by atoms with Crippen LogP contribution in [-0.4, -0.2) is 17.1 Å². The Morgan fingerprint density at radius 2 is 2.40 bits per heavy atom. The molecule has 1 aromatic rings. The molecule has 0 bridgehead atoms. The second kappa shape index (κ2) is 2.47. The van der Waals surface area contributed by atoms with Gasteiger partial charge in [-0.2, -0.15) is 0 Å². The van der Waals surface area contributed by atoms with Crippen molar-refractivity contribution in [1.82, 2.24) is 10.1 Å². The standard InChI is InChI=1S/C5H8N4O/c1-6-5-7-4(10)3-9(2)8-5/h3H,1-2H3,(H-,6,7,8,10). The van der Waals surface area contributed by atoms with Crippen LogP contribution in [0.3, 0.4) is 0 Å². The molecule has 0 aliphatic rings. The maximum Gasteiger partial charge on any atom is 0.287 e. The number of hydrogen-bond donors (Lipinski definition) is 1. The molecular formula is C5H8N4O. The summed E-state index contributed by atoms with van der Waals surface area (Å²) >= 11 is 0. The van der Waals surface area contributed by atoms with Gasteiger partial charge in [-0.1, -0.05) is 4.68 Å². The van der Waals surface area contributed by atoms with Crippen molar-refractivity contribution >= 4 is 5.95 Å². The Morgan fingerprint density at radius 1 is 1.70 bits per heavy atom. The fourth-order valence-corrected chi connectivity index (χ4v) is 0.600. The third kappa shape index (κ3) is 1.31. The lowest BCUT2D eigenvalue weighted by Crippen LogP contribution is -2.34. The monoisotopic (exact) mass is 140 g/mol. The molecule has 0 amide bonds. The quantitative estimate of drug-likeness (QED) is 0.478. The zero-order valence-electron chi connectivity index (χ0n) is 5.83. The first kappa shape index (κ1) is 6.73. The van der Waals surface area contributed by atoms with Crippen molar-refractivity contribution < 1.29 is 9.79 Å². The van der Waals surface area contributed by atoms with Gasteiger partial charge < -0.3 is 10.4 Å². The molecule has 0 unspecified atom stereocenters. The van der Waals surface area contributed by atoms with Gasteiger partial charge >= 0.3 is 0 Å². The molecule has 0 aromatic carbocycles. The second-order valence-electron chi connectivity index (χ2n) is 1.83. The van der Waals surface area contributed by atoms with Crippen LogP contribution in [-0.2, 0) is 7.05 Å². The minimum Gasteiger partial charge on any atom is -0.854 e. The van der Waals surface area contributed by atoms with Gasteiger partial charge in [0, 0.05) is 12.1 Å². The van der Waals surface area contributed by atoms with Gasteiger partial charge in [-0.3, -0.25) is 0 Å². The molecule has 1 aromatic heterocycles. The molecule has 0 aliphatic heterocycles. The number of aryl methyl sites for hydroxylation is 1. The van der Waals surface area contributed by atoms with Crippen LogP contribution in [0, 0.1) is 0 Å². The van der Waals surface area contributed by atoms with E-state index in [1.807, 2.05) is 0 Å². The van der Waals surface area contributed by atoms with Crippen molar-refractivity contribution in [3.63, 3.8) is 0 Å². The van der Waals surface area contributed by atoms with E-state index in [9.17, 15) is 5.11 Å². The second-order valence-corrected chi connectivity index (χ2v) is 1.83. The van der Waals surface area contributed by atoms with E-state index in [1.165, 1.54) is 10.9 Å². The molecule has 54 valence electrons. The van der Waals surface area contributed by atoms with Gasteiger partial charge in [0.2, 0.25) is 6.20 Å². The Kier molecular flexibility index (Phi) is 1.66. The third-order valence-electron chi connectivity index (χ3n) is 0.989. The van der Waals surface area contributed by atoms with Crippen molar-refractivity contribution in [2.75, 3.05) is 12.4 Å². The van der Waals surface area contributed by atoms with Crippen molar-refractivity contribution in [2.45, 2.75) is 0 Å². The fourth-order valence-electron chi connectivity index (χ4n) is 0.600. The van der Waals surface area contributed by atoms with Gasteiger partial charge in [0.1, 0.15) is 0 Å². The first-order valence-corrected chi connectivity index (χ1v) is 2.82. The van der Waals surface area contributed by atoms with Gasteiger partial charge in [0.05, 0.1) is 5.88 Å². The zero-order chi connectivity index (χ0) is 7.56. The van der Waals surface area contributed by atoms with E-state index in [0.717, 1.165) is 0 Å². The van der Waals surface area contributed by atoms with Crippen LogP contribution in [0.15, 0.2) is 6.20 Å². The van der Waals surface area contributed by atoms with E-state index < -0.39 is 0 Å². The molecule has 5 heteroatoms. The highest BCUT2D eigenvalue weighted by molar-refractivity contribution is 5.20. The average molecular weight is 140 g/mol. The lowest BCUT2D eigenvalue weighted by molar-refractivity contribution is -0.732. The first-order valence-electron chi connectivity index (χ1n) is 2.82. The maximum absolute atomic E-state index is 10.7. The summed E-state index contributed by atoms with van der Waals surface area (Å²) in [6.45, 7) is 0. The van der Waals surface area contributed by atoms with Crippen molar-refractivity contribution in [3.8, 4) is 5.88 Å². The normalized spacial score (nSPS) is 9.40. The summed E-state index contributed by atoms with van der Waals surface area (Å²) in [5.74, 6) is 0.0526.